The largest absolute Gasteiger partial charge is 0.325 e. The van der Waals surface area contributed by atoms with E-state index < -0.39 is 0 Å². The highest BCUT2D eigenvalue weighted by atomic mass is 35.5. The number of urea groups is 1. The molecule has 134 valence electrons. The molecule has 2 amide bonds. The summed E-state index contributed by atoms with van der Waals surface area (Å²) in [6.45, 7) is 5.04. The smallest absolute Gasteiger partial charge is 0.308 e. The molecule has 1 fully saturated rings. The molecule has 1 aromatic heterocycles. The summed E-state index contributed by atoms with van der Waals surface area (Å²) in [5.41, 5.74) is 2.86. The van der Waals surface area contributed by atoms with Crippen LogP contribution in [0.4, 0.5) is 15.6 Å². The standard InChI is InChI=1S/C18H23ClN4OS/c1-11(2)23(3)9-16-10-25-18(21-16)22-17(24)20-15-7-13(12-4-5-12)6-14(19)8-15/h6-8,10-12H,4-5,9H2,1-3H3,(H2,20,21,22,24). The van der Waals surface area contributed by atoms with Crippen LogP contribution in [0.2, 0.25) is 5.02 Å². The Morgan fingerprint density at radius 2 is 2.12 bits per heavy atom. The predicted molar refractivity (Wildman–Crippen MR) is 105 cm³/mol. The molecule has 25 heavy (non-hydrogen) atoms. The summed E-state index contributed by atoms with van der Waals surface area (Å²) < 4.78 is 0. The van der Waals surface area contributed by atoms with E-state index in [2.05, 4.69) is 41.4 Å². The van der Waals surface area contributed by atoms with Crippen molar-refractivity contribution in [2.75, 3.05) is 17.7 Å². The number of hydrogen-bond donors (Lipinski definition) is 2. The fraction of sp³-hybridized carbons (Fsp3) is 0.444. The fourth-order valence-corrected chi connectivity index (χ4v) is 3.41. The lowest BCUT2D eigenvalue weighted by atomic mass is 10.1. The third-order valence-electron chi connectivity index (χ3n) is 4.29. The maximum atomic E-state index is 12.2. The van der Waals surface area contributed by atoms with Crippen molar-refractivity contribution in [2.24, 2.45) is 0 Å². The number of benzene rings is 1. The molecule has 0 spiro atoms. The summed E-state index contributed by atoms with van der Waals surface area (Å²) in [4.78, 5) is 18.9. The molecule has 1 aliphatic carbocycles. The third-order valence-corrected chi connectivity index (χ3v) is 5.32. The Kier molecular flexibility index (Phi) is 5.61. The quantitative estimate of drug-likeness (QED) is 0.730. The minimum Gasteiger partial charge on any atom is -0.308 e. The van der Waals surface area contributed by atoms with Crippen LogP contribution in [0.1, 0.15) is 43.9 Å². The number of carbonyl (C=O) groups excluding carboxylic acids is 1. The van der Waals surface area contributed by atoms with Crippen molar-refractivity contribution in [1.82, 2.24) is 9.88 Å². The monoisotopic (exact) mass is 378 g/mol. The first-order valence-electron chi connectivity index (χ1n) is 8.44. The van der Waals surface area contributed by atoms with Crippen molar-refractivity contribution in [2.45, 2.75) is 45.2 Å². The highest BCUT2D eigenvalue weighted by molar-refractivity contribution is 7.13. The number of hydrogen-bond acceptors (Lipinski definition) is 4. The molecular weight excluding hydrogens is 356 g/mol. The first kappa shape index (κ1) is 18.2. The first-order chi connectivity index (χ1) is 11.9. The first-order valence-corrected chi connectivity index (χ1v) is 9.69. The molecule has 0 saturated heterocycles. The lowest BCUT2D eigenvalue weighted by molar-refractivity contribution is 0.261. The molecule has 1 aliphatic rings. The van der Waals surface area contributed by atoms with Gasteiger partial charge in [0.15, 0.2) is 5.13 Å². The van der Waals surface area contributed by atoms with Gasteiger partial charge in [-0.05, 0) is 63.4 Å². The van der Waals surface area contributed by atoms with Crippen LogP contribution >= 0.6 is 22.9 Å². The number of halogens is 1. The Labute approximate surface area is 157 Å². The van der Waals surface area contributed by atoms with E-state index in [0.29, 0.717) is 27.8 Å². The van der Waals surface area contributed by atoms with Gasteiger partial charge in [-0.25, -0.2) is 9.78 Å². The minimum absolute atomic E-state index is 0.304. The number of nitrogens with zero attached hydrogens (tertiary/aromatic N) is 2. The number of aromatic nitrogens is 1. The van der Waals surface area contributed by atoms with Gasteiger partial charge >= 0.3 is 6.03 Å². The average Bonchev–Trinajstić information content (AvgIpc) is 3.29. The predicted octanol–water partition coefficient (Wildman–Crippen LogP) is 5.16. The number of thiazole rings is 1. The van der Waals surface area contributed by atoms with Crippen molar-refractivity contribution in [3.8, 4) is 0 Å². The molecule has 2 N–H and O–H groups in total. The van der Waals surface area contributed by atoms with Crippen LogP contribution in [0, 0.1) is 0 Å². The molecule has 3 rings (SSSR count). The fourth-order valence-electron chi connectivity index (χ4n) is 2.47. The summed E-state index contributed by atoms with van der Waals surface area (Å²) in [5, 5.41) is 8.85. The van der Waals surface area contributed by atoms with Gasteiger partial charge in [-0.15, -0.1) is 11.3 Å². The Bertz CT molecular complexity index is 757. The van der Waals surface area contributed by atoms with Gasteiger partial charge in [-0.1, -0.05) is 11.6 Å². The van der Waals surface area contributed by atoms with E-state index in [1.54, 1.807) is 6.07 Å². The normalized spacial score (nSPS) is 14.2. The minimum atomic E-state index is -0.304. The van der Waals surface area contributed by atoms with E-state index in [1.807, 2.05) is 17.5 Å². The Morgan fingerprint density at radius 1 is 1.36 bits per heavy atom. The molecule has 2 aromatic rings. The molecule has 0 bridgehead atoms. The summed E-state index contributed by atoms with van der Waals surface area (Å²) in [7, 11) is 2.06. The highest BCUT2D eigenvalue weighted by Gasteiger charge is 2.24. The molecule has 1 saturated carbocycles. The second kappa shape index (κ2) is 7.72. The molecular formula is C18H23ClN4OS. The zero-order chi connectivity index (χ0) is 18.0. The molecule has 1 aromatic carbocycles. The molecule has 7 heteroatoms. The van der Waals surface area contributed by atoms with E-state index in [4.69, 9.17) is 11.6 Å². The van der Waals surface area contributed by atoms with Crippen molar-refractivity contribution in [3.05, 3.63) is 39.9 Å². The summed E-state index contributed by atoms with van der Waals surface area (Å²) in [6.07, 6.45) is 2.39. The topological polar surface area (TPSA) is 57.3 Å². The van der Waals surface area contributed by atoms with Crippen LogP contribution in [0.5, 0.6) is 0 Å². The number of amides is 2. The maximum absolute atomic E-state index is 12.2. The van der Waals surface area contributed by atoms with Crippen LogP contribution in [0.25, 0.3) is 0 Å². The molecule has 1 heterocycles. The van der Waals surface area contributed by atoms with E-state index in [1.165, 1.54) is 29.7 Å². The Balaban J connectivity index is 1.58. The van der Waals surface area contributed by atoms with Gasteiger partial charge in [-0.2, -0.15) is 0 Å². The van der Waals surface area contributed by atoms with Crippen LogP contribution in [0.3, 0.4) is 0 Å². The van der Waals surface area contributed by atoms with Crippen molar-refractivity contribution in [3.63, 3.8) is 0 Å². The maximum Gasteiger partial charge on any atom is 0.325 e. The average molecular weight is 379 g/mol. The number of carbonyl (C=O) groups is 1. The van der Waals surface area contributed by atoms with Crippen LogP contribution < -0.4 is 10.6 Å². The van der Waals surface area contributed by atoms with Gasteiger partial charge < -0.3 is 5.32 Å². The van der Waals surface area contributed by atoms with Gasteiger partial charge in [0.25, 0.3) is 0 Å². The van der Waals surface area contributed by atoms with E-state index >= 15 is 0 Å². The van der Waals surface area contributed by atoms with Crippen LogP contribution in [0.15, 0.2) is 23.6 Å². The van der Waals surface area contributed by atoms with Crippen LogP contribution in [-0.4, -0.2) is 29.0 Å². The summed E-state index contributed by atoms with van der Waals surface area (Å²) in [6, 6.07) is 5.87. The molecule has 0 aliphatic heterocycles. The van der Waals surface area contributed by atoms with Gasteiger partial charge in [0.05, 0.1) is 5.69 Å². The van der Waals surface area contributed by atoms with Gasteiger partial charge in [0, 0.05) is 28.7 Å². The van der Waals surface area contributed by atoms with E-state index in [-0.39, 0.29) is 6.03 Å². The van der Waals surface area contributed by atoms with Crippen LogP contribution in [-0.2, 0) is 6.54 Å². The highest BCUT2D eigenvalue weighted by Crippen LogP contribution is 2.41. The number of nitrogens with one attached hydrogen (secondary N) is 2. The van der Waals surface area contributed by atoms with E-state index in [0.717, 1.165) is 12.2 Å². The number of anilines is 2. The summed E-state index contributed by atoms with van der Waals surface area (Å²) in [5.74, 6) is 0.585. The Morgan fingerprint density at radius 3 is 2.80 bits per heavy atom. The lowest BCUT2D eigenvalue weighted by Crippen LogP contribution is -2.25. The second-order valence-corrected chi connectivity index (χ2v) is 8.07. The zero-order valence-electron chi connectivity index (χ0n) is 14.7. The zero-order valence-corrected chi connectivity index (χ0v) is 16.2. The molecule has 0 radical (unpaired) electrons. The SMILES string of the molecule is CC(C)N(C)Cc1csc(NC(=O)Nc2cc(Cl)cc(C3CC3)c2)n1. The summed E-state index contributed by atoms with van der Waals surface area (Å²) >= 11 is 7.58. The van der Waals surface area contributed by atoms with E-state index in [9.17, 15) is 4.79 Å². The lowest BCUT2D eigenvalue weighted by Gasteiger charge is -2.19. The van der Waals surface area contributed by atoms with Crippen molar-refractivity contribution < 1.29 is 4.79 Å². The molecule has 0 atom stereocenters. The third kappa shape index (κ3) is 5.17. The van der Waals surface area contributed by atoms with Gasteiger partial charge in [-0.3, -0.25) is 10.2 Å². The molecule has 5 nitrogen and oxygen atoms in total. The van der Waals surface area contributed by atoms with Crippen molar-refractivity contribution >= 4 is 39.8 Å². The van der Waals surface area contributed by atoms with Gasteiger partial charge in [0.2, 0.25) is 0 Å². The molecule has 0 unspecified atom stereocenters. The number of rotatable bonds is 6. The Hall–Kier alpha value is -1.63. The van der Waals surface area contributed by atoms with Crippen molar-refractivity contribution in [1.29, 1.82) is 0 Å². The van der Waals surface area contributed by atoms with Gasteiger partial charge in [0.1, 0.15) is 0 Å². The second-order valence-electron chi connectivity index (χ2n) is 6.78.